The maximum Gasteiger partial charge on any atom is 0.305 e. The fourth-order valence-corrected chi connectivity index (χ4v) is 1.86. The first kappa shape index (κ1) is 11.7. The van der Waals surface area contributed by atoms with Crippen molar-refractivity contribution in [2.75, 3.05) is 7.05 Å². The molecule has 0 amide bonds. The summed E-state index contributed by atoms with van der Waals surface area (Å²) in [6.45, 7) is 1.99. The number of hydrogen-bond acceptors (Lipinski definition) is 2. The zero-order chi connectivity index (χ0) is 11.3. The van der Waals surface area contributed by atoms with Gasteiger partial charge in [0.1, 0.15) is 0 Å². The molecule has 0 saturated carbocycles. The summed E-state index contributed by atoms with van der Waals surface area (Å²) in [7, 11) is 1.80. The molecule has 0 aliphatic heterocycles. The van der Waals surface area contributed by atoms with E-state index in [1.165, 1.54) is 0 Å². The molecule has 0 saturated heterocycles. The predicted octanol–water partition coefficient (Wildman–Crippen LogP) is 1.99. The molecule has 1 aromatic rings. The molecule has 0 radical (unpaired) electrons. The summed E-state index contributed by atoms with van der Waals surface area (Å²) in [5, 5.41) is 12.1. The zero-order valence-electron chi connectivity index (χ0n) is 9.16. The van der Waals surface area contributed by atoms with E-state index < -0.39 is 11.5 Å². The third kappa shape index (κ3) is 2.57. The lowest BCUT2D eigenvalue weighted by atomic mass is 9.84. The van der Waals surface area contributed by atoms with Gasteiger partial charge in [-0.2, -0.15) is 0 Å². The molecular weight excluding hydrogens is 190 g/mol. The molecule has 0 spiro atoms. The summed E-state index contributed by atoms with van der Waals surface area (Å²) in [5.41, 5.74) is 0.574. The van der Waals surface area contributed by atoms with Gasteiger partial charge in [-0.05, 0) is 19.0 Å². The fourth-order valence-electron chi connectivity index (χ4n) is 1.86. The van der Waals surface area contributed by atoms with Crippen LogP contribution in [0.3, 0.4) is 0 Å². The number of aliphatic carboxylic acids is 1. The molecule has 1 aromatic carbocycles. The Hall–Kier alpha value is -1.35. The largest absolute Gasteiger partial charge is 0.481 e. The first-order chi connectivity index (χ1) is 7.14. The van der Waals surface area contributed by atoms with E-state index in [1.54, 1.807) is 7.05 Å². The Morgan fingerprint density at radius 3 is 2.40 bits per heavy atom. The molecule has 1 unspecified atom stereocenters. The molecule has 82 valence electrons. The van der Waals surface area contributed by atoms with Gasteiger partial charge in [0.05, 0.1) is 12.0 Å². The van der Waals surface area contributed by atoms with E-state index in [0.29, 0.717) is 0 Å². The van der Waals surface area contributed by atoms with E-state index in [2.05, 4.69) is 5.32 Å². The van der Waals surface area contributed by atoms with Crippen LogP contribution in [0, 0.1) is 0 Å². The first-order valence-electron chi connectivity index (χ1n) is 5.11. The number of carboxylic acid groups (broad SMARTS) is 1. The highest BCUT2D eigenvalue weighted by Crippen LogP contribution is 2.28. The number of rotatable bonds is 5. The lowest BCUT2D eigenvalue weighted by Crippen LogP contribution is -2.41. The van der Waals surface area contributed by atoms with Crippen molar-refractivity contribution in [2.45, 2.75) is 25.3 Å². The zero-order valence-corrected chi connectivity index (χ0v) is 9.16. The van der Waals surface area contributed by atoms with Gasteiger partial charge in [0, 0.05) is 0 Å². The molecule has 0 aromatic heterocycles. The second-order valence-electron chi connectivity index (χ2n) is 3.62. The van der Waals surface area contributed by atoms with Crippen molar-refractivity contribution in [3.8, 4) is 0 Å². The van der Waals surface area contributed by atoms with Crippen molar-refractivity contribution in [1.29, 1.82) is 0 Å². The summed E-state index contributed by atoms with van der Waals surface area (Å²) in [6, 6.07) is 9.71. The van der Waals surface area contributed by atoms with Crippen LogP contribution in [-0.4, -0.2) is 18.1 Å². The van der Waals surface area contributed by atoms with Gasteiger partial charge in [-0.15, -0.1) is 0 Å². The summed E-state index contributed by atoms with van der Waals surface area (Å²) >= 11 is 0. The molecule has 0 aliphatic rings. The number of carbonyl (C=O) groups is 1. The second kappa shape index (κ2) is 4.94. The van der Waals surface area contributed by atoms with Crippen molar-refractivity contribution in [2.24, 2.45) is 0 Å². The molecule has 1 rings (SSSR count). The van der Waals surface area contributed by atoms with Gasteiger partial charge in [-0.25, -0.2) is 0 Å². The Balaban J connectivity index is 3.05. The van der Waals surface area contributed by atoms with Crippen LogP contribution in [-0.2, 0) is 10.3 Å². The molecule has 3 nitrogen and oxygen atoms in total. The third-order valence-corrected chi connectivity index (χ3v) is 2.86. The highest BCUT2D eigenvalue weighted by atomic mass is 16.4. The molecule has 2 N–H and O–H groups in total. The monoisotopic (exact) mass is 207 g/mol. The first-order valence-corrected chi connectivity index (χ1v) is 5.11. The second-order valence-corrected chi connectivity index (χ2v) is 3.62. The number of benzene rings is 1. The van der Waals surface area contributed by atoms with Crippen LogP contribution < -0.4 is 5.32 Å². The lowest BCUT2D eigenvalue weighted by Gasteiger charge is -2.31. The summed E-state index contributed by atoms with van der Waals surface area (Å²) in [4.78, 5) is 10.9. The van der Waals surface area contributed by atoms with Gasteiger partial charge in [-0.1, -0.05) is 37.3 Å². The van der Waals surface area contributed by atoms with Crippen LogP contribution in [0.5, 0.6) is 0 Å². The van der Waals surface area contributed by atoms with Gasteiger partial charge in [-0.3, -0.25) is 4.79 Å². The van der Waals surface area contributed by atoms with Crippen molar-refractivity contribution < 1.29 is 9.90 Å². The number of carboxylic acids is 1. The maximum absolute atomic E-state index is 10.9. The third-order valence-electron chi connectivity index (χ3n) is 2.86. The van der Waals surface area contributed by atoms with E-state index in [-0.39, 0.29) is 6.42 Å². The molecule has 0 heterocycles. The average Bonchev–Trinajstić information content (AvgIpc) is 2.27. The van der Waals surface area contributed by atoms with Crippen LogP contribution in [0.4, 0.5) is 0 Å². The molecule has 0 aliphatic carbocycles. The Labute approximate surface area is 90.1 Å². The number of nitrogens with one attached hydrogen (secondary N) is 1. The van der Waals surface area contributed by atoms with Crippen LogP contribution in [0.1, 0.15) is 25.3 Å². The van der Waals surface area contributed by atoms with E-state index >= 15 is 0 Å². The van der Waals surface area contributed by atoms with Gasteiger partial charge in [0.25, 0.3) is 0 Å². The molecule has 0 fully saturated rings. The van der Waals surface area contributed by atoms with Crippen molar-refractivity contribution in [3.63, 3.8) is 0 Å². The summed E-state index contributed by atoms with van der Waals surface area (Å²) in [5.74, 6) is -0.782. The minimum atomic E-state index is -0.782. The summed E-state index contributed by atoms with van der Waals surface area (Å²) in [6.07, 6.45) is 0.851. The van der Waals surface area contributed by atoms with E-state index in [4.69, 9.17) is 5.11 Å². The van der Waals surface area contributed by atoms with Crippen molar-refractivity contribution in [3.05, 3.63) is 35.9 Å². The predicted molar refractivity (Wildman–Crippen MR) is 59.7 cm³/mol. The molecule has 15 heavy (non-hydrogen) atoms. The topological polar surface area (TPSA) is 49.3 Å². The summed E-state index contributed by atoms with van der Waals surface area (Å²) < 4.78 is 0. The normalized spacial score (nSPS) is 14.5. The molecular formula is C12H17NO2. The SMILES string of the molecule is CCC(CC(=O)O)(NC)c1ccccc1. The van der Waals surface area contributed by atoms with Crippen LogP contribution in [0.25, 0.3) is 0 Å². The highest BCUT2D eigenvalue weighted by molar-refractivity contribution is 5.69. The van der Waals surface area contributed by atoms with Gasteiger partial charge in [0.15, 0.2) is 0 Å². The Morgan fingerprint density at radius 1 is 1.40 bits per heavy atom. The average molecular weight is 207 g/mol. The number of hydrogen-bond donors (Lipinski definition) is 2. The molecule has 3 heteroatoms. The van der Waals surface area contributed by atoms with Gasteiger partial charge < -0.3 is 10.4 Å². The Kier molecular flexibility index (Phi) is 3.86. The fraction of sp³-hybridized carbons (Fsp3) is 0.417. The van der Waals surface area contributed by atoms with Crippen LogP contribution in [0.15, 0.2) is 30.3 Å². The smallest absolute Gasteiger partial charge is 0.305 e. The van der Waals surface area contributed by atoms with Crippen molar-refractivity contribution in [1.82, 2.24) is 5.32 Å². The van der Waals surface area contributed by atoms with Gasteiger partial charge in [0.2, 0.25) is 0 Å². The van der Waals surface area contributed by atoms with Crippen molar-refractivity contribution >= 4 is 5.97 Å². The van der Waals surface area contributed by atoms with Crippen LogP contribution >= 0.6 is 0 Å². The maximum atomic E-state index is 10.9. The highest BCUT2D eigenvalue weighted by Gasteiger charge is 2.30. The van der Waals surface area contributed by atoms with E-state index in [0.717, 1.165) is 12.0 Å². The standard InChI is InChI=1S/C12H17NO2/c1-3-12(13-2,9-11(14)15)10-7-5-4-6-8-10/h4-8,13H,3,9H2,1-2H3,(H,14,15). The molecule has 0 bridgehead atoms. The quantitative estimate of drug-likeness (QED) is 0.776. The van der Waals surface area contributed by atoms with E-state index in [9.17, 15) is 4.79 Å². The molecule has 1 atom stereocenters. The van der Waals surface area contributed by atoms with Gasteiger partial charge >= 0.3 is 5.97 Å². The lowest BCUT2D eigenvalue weighted by molar-refractivity contribution is -0.138. The minimum Gasteiger partial charge on any atom is -0.481 e. The minimum absolute atomic E-state index is 0.101. The van der Waals surface area contributed by atoms with Crippen LogP contribution in [0.2, 0.25) is 0 Å². The Morgan fingerprint density at radius 2 is 2.00 bits per heavy atom. The van der Waals surface area contributed by atoms with E-state index in [1.807, 2.05) is 37.3 Å². The Bertz CT molecular complexity index is 318.